The summed E-state index contributed by atoms with van der Waals surface area (Å²) in [6.45, 7) is 8.12. The maximum Gasteiger partial charge on any atom is 0.241 e. The Morgan fingerprint density at radius 2 is 1.70 bits per heavy atom. The number of amides is 1. The highest BCUT2D eigenvalue weighted by atomic mass is 16.2. The van der Waals surface area contributed by atoms with Crippen molar-refractivity contribution in [3.8, 4) is 0 Å². The zero-order valence-corrected chi connectivity index (χ0v) is 16.8. The number of hydrogen-bond donors (Lipinski definition) is 2. The summed E-state index contributed by atoms with van der Waals surface area (Å²) >= 11 is 0. The summed E-state index contributed by atoms with van der Waals surface area (Å²) in [5.74, 6) is 0.261. The largest absolute Gasteiger partial charge is 0.339 e. The third-order valence-electron chi connectivity index (χ3n) is 6.85. The van der Waals surface area contributed by atoms with E-state index in [4.69, 9.17) is 0 Å². The van der Waals surface area contributed by atoms with E-state index in [1.54, 1.807) is 0 Å². The molecule has 148 valence electrons. The van der Waals surface area contributed by atoms with Crippen LogP contribution in [0, 0.1) is 13.8 Å². The number of nitrogens with zero attached hydrogens (tertiary/aromatic N) is 2. The molecule has 1 aliphatic carbocycles. The lowest BCUT2D eigenvalue weighted by Gasteiger charge is -2.41. The summed E-state index contributed by atoms with van der Waals surface area (Å²) in [7, 11) is 0. The average molecular weight is 371 g/mol. The summed E-state index contributed by atoms with van der Waals surface area (Å²) in [6.07, 6.45) is 7.67. The van der Waals surface area contributed by atoms with Gasteiger partial charge in [0, 0.05) is 38.3 Å². The molecule has 0 spiro atoms. The van der Waals surface area contributed by atoms with E-state index in [1.807, 2.05) is 0 Å². The van der Waals surface area contributed by atoms with Crippen molar-refractivity contribution < 1.29 is 4.79 Å². The monoisotopic (exact) mass is 370 g/mol. The highest BCUT2D eigenvalue weighted by molar-refractivity contribution is 5.82. The highest BCUT2D eigenvalue weighted by Crippen LogP contribution is 2.26. The molecule has 2 unspecified atom stereocenters. The van der Waals surface area contributed by atoms with Crippen molar-refractivity contribution in [2.45, 2.75) is 70.5 Å². The molecule has 3 fully saturated rings. The van der Waals surface area contributed by atoms with Crippen molar-refractivity contribution in [1.82, 2.24) is 20.7 Å². The van der Waals surface area contributed by atoms with Crippen LogP contribution in [-0.4, -0.2) is 54.0 Å². The number of aryl methyl sites for hydroxylation is 2. The molecular formula is C22H34N4O. The van der Waals surface area contributed by atoms with Crippen LogP contribution in [0.5, 0.6) is 0 Å². The van der Waals surface area contributed by atoms with Gasteiger partial charge in [0.15, 0.2) is 0 Å². The molecule has 4 rings (SSSR count). The molecule has 2 atom stereocenters. The number of carbonyl (C=O) groups is 1. The number of carbonyl (C=O) groups excluding carboxylic acids is 1. The molecule has 1 amide bonds. The molecular weight excluding hydrogens is 336 g/mol. The van der Waals surface area contributed by atoms with Gasteiger partial charge in [-0.05, 0) is 49.8 Å². The van der Waals surface area contributed by atoms with Crippen molar-refractivity contribution >= 4 is 5.91 Å². The maximum atomic E-state index is 13.0. The number of hydrazine groups is 1. The Morgan fingerprint density at radius 1 is 0.963 bits per heavy atom. The van der Waals surface area contributed by atoms with Crippen molar-refractivity contribution in [2.24, 2.45) is 0 Å². The van der Waals surface area contributed by atoms with Crippen LogP contribution in [0.1, 0.15) is 61.3 Å². The van der Waals surface area contributed by atoms with Crippen molar-refractivity contribution in [2.75, 3.05) is 26.2 Å². The van der Waals surface area contributed by atoms with E-state index in [1.165, 1.54) is 48.8 Å². The first-order valence-electron chi connectivity index (χ1n) is 10.7. The Hall–Kier alpha value is -1.43. The maximum absolute atomic E-state index is 13.0. The number of nitrogens with one attached hydrogen (secondary N) is 2. The minimum Gasteiger partial charge on any atom is -0.339 e. The Balaban J connectivity index is 1.29. The van der Waals surface area contributed by atoms with Crippen LogP contribution in [0.25, 0.3) is 0 Å². The summed E-state index contributed by atoms with van der Waals surface area (Å²) in [6, 6.07) is 7.45. The van der Waals surface area contributed by atoms with Gasteiger partial charge in [-0.15, -0.1) is 0 Å². The van der Waals surface area contributed by atoms with Crippen LogP contribution in [0.15, 0.2) is 18.2 Å². The molecule has 2 heterocycles. The molecule has 1 aromatic rings. The molecule has 0 bridgehead atoms. The number of benzene rings is 1. The quantitative estimate of drug-likeness (QED) is 0.859. The first-order valence-corrected chi connectivity index (χ1v) is 10.7. The van der Waals surface area contributed by atoms with Crippen molar-refractivity contribution in [3.63, 3.8) is 0 Å². The molecule has 1 saturated carbocycles. The predicted molar refractivity (Wildman–Crippen MR) is 108 cm³/mol. The van der Waals surface area contributed by atoms with Crippen LogP contribution in [-0.2, 0) is 4.79 Å². The molecule has 2 aliphatic heterocycles. The molecule has 5 heteroatoms. The Labute approximate surface area is 163 Å². The Kier molecular flexibility index (Phi) is 5.81. The molecule has 27 heavy (non-hydrogen) atoms. The highest BCUT2D eigenvalue weighted by Gasteiger charge is 2.35. The lowest BCUT2D eigenvalue weighted by atomic mass is 9.93. The van der Waals surface area contributed by atoms with E-state index in [2.05, 4.69) is 52.7 Å². The third kappa shape index (κ3) is 4.20. The van der Waals surface area contributed by atoms with Crippen LogP contribution in [0.3, 0.4) is 0 Å². The second-order valence-corrected chi connectivity index (χ2v) is 8.63. The van der Waals surface area contributed by atoms with E-state index in [0.29, 0.717) is 0 Å². The molecule has 2 N–H and O–H groups in total. The van der Waals surface area contributed by atoms with Gasteiger partial charge >= 0.3 is 0 Å². The van der Waals surface area contributed by atoms with E-state index < -0.39 is 0 Å². The topological polar surface area (TPSA) is 47.6 Å². The Bertz CT molecular complexity index is 662. The number of rotatable bonds is 3. The Morgan fingerprint density at radius 3 is 2.41 bits per heavy atom. The summed E-state index contributed by atoms with van der Waals surface area (Å²) in [4.78, 5) is 17.7. The van der Waals surface area contributed by atoms with Gasteiger partial charge in [0.1, 0.15) is 6.04 Å². The van der Waals surface area contributed by atoms with Crippen LogP contribution in [0.4, 0.5) is 0 Å². The predicted octanol–water partition coefficient (Wildman–Crippen LogP) is 2.69. The molecule has 5 nitrogen and oxygen atoms in total. The van der Waals surface area contributed by atoms with Crippen molar-refractivity contribution in [1.29, 1.82) is 0 Å². The zero-order valence-electron chi connectivity index (χ0n) is 16.8. The molecule has 3 aliphatic rings. The molecule has 0 radical (unpaired) electrons. The van der Waals surface area contributed by atoms with Gasteiger partial charge < -0.3 is 4.90 Å². The fourth-order valence-electron chi connectivity index (χ4n) is 4.89. The van der Waals surface area contributed by atoms with Gasteiger partial charge in [-0.25, -0.2) is 10.9 Å². The lowest BCUT2D eigenvalue weighted by Crippen LogP contribution is -2.55. The molecule has 1 aromatic carbocycles. The van der Waals surface area contributed by atoms with Gasteiger partial charge in [-0.3, -0.25) is 9.69 Å². The van der Waals surface area contributed by atoms with Crippen LogP contribution in [0.2, 0.25) is 0 Å². The van der Waals surface area contributed by atoms with Gasteiger partial charge in [-0.2, -0.15) is 0 Å². The molecule has 0 aromatic heterocycles. The third-order valence-corrected chi connectivity index (χ3v) is 6.85. The SMILES string of the molecule is Cc1ccc(C2CC(C(=O)N3CCN(C4CCCCC4)CC3)NN2)cc1C. The summed E-state index contributed by atoms with van der Waals surface area (Å²) in [5, 5.41) is 0. The first kappa shape index (κ1) is 18.9. The smallest absolute Gasteiger partial charge is 0.241 e. The van der Waals surface area contributed by atoms with Gasteiger partial charge in [0.25, 0.3) is 0 Å². The lowest BCUT2D eigenvalue weighted by molar-refractivity contribution is -0.135. The van der Waals surface area contributed by atoms with Crippen LogP contribution >= 0.6 is 0 Å². The summed E-state index contributed by atoms with van der Waals surface area (Å²) in [5.41, 5.74) is 10.5. The van der Waals surface area contributed by atoms with E-state index in [-0.39, 0.29) is 18.0 Å². The normalized spacial score (nSPS) is 27.9. The van der Waals surface area contributed by atoms with E-state index in [9.17, 15) is 4.79 Å². The van der Waals surface area contributed by atoms with Gasteiger partial charge in [0.05, 0.1) is 0 Å². The first-order chi connectivity index (χ1) is 13.1. The van der Waals surface area contributed by atoms with Crippen LogP contribution < -0.4 is 10.9 Å². The molecule has 2 saturated heterocycles. The average Bonchev–Trinajstić information content (AvgIpc) is 3.20. The fourth-order valence-corrected chi connectivity index (χ4v) is 4.89. The second kappa shape index (κ2) is 8.29. The van der Waals surface area contributed by atoms with Crippen molar-refractivity contribution in [3.05, 3.63) is 34.9 Å². The van der Waals surface area contributed by atoms with Gasteiger partial charge in [0.2, 0.25) is 5.91 Å². The van der Waals surface area contributed by atoms with E-state index >= 15 is 0 Å². The number of piperazine rings is 1. The van der Waals surface area contributed by atoms with E-state index in [0.717, 1.165) is 38.6 Å². The van der Waals surface area contributed by atoms with Gasteiger partial charge in [-0.1, -0.05) is 37.5 Å². The fraction of sp³-hybridized carbons (Fsp3) is 0.682. The number of hydrogen-bond acceptors (Lipinski definition) is 4. The minimum absolute atomic E-state index is 0.113. The summed E-state index contributed by atoms with van der Waals surface area (Å²) < 4.78 is 0. The second-order valence-electron chi connectivity index (χ2n) is 8.63. The minimum atomic E-state index is -0.113. The standard InChI is InChI=1S/C22H34N4O/c1-16-8-9-18(14-17(16)2)20-15-21(24-23-20)22(27)26-12-10-25(11-13-26)19-6-4-3-5-7-19/h8-9,14,19-21,23-24H,3-7,10-13,15H2,1-2H3. The zero-order chi connectivity index (χ0) is 18.8.